The molecule has 1 saturated heterocycles. The summed E-state index contributed by atoms with van der Waals surface area (Å²) in [5.74, 6) is -0.271. The van der Waals surface area contributed by atoms with Crippen LogP contribution in [-0.4, -0.2) is 39.6 Å². The van der Waals surface area contributed by atoms with Gasteiger partial charge in [0.25, 0.3) is 11.8 Å². The fraction of sp³-hybridized carbons (Fsp3) is 0.240. The third-order valence-electron chi connectivity index (χ3n) is 5.91. The van der Waals surface area contributed by atoms with Crippen LogP contribution in [0.3, 0.4) is 0 Å². The number of fused-ring (bicyclic) bond motifs is 1. The molecule has 2 amide bonds. The second-order valence-corrected chi connectivity index (χ2v) is 9.60. The third kappa shape index (κ3) is 4.26. The van der Waals surface area contributed by atoms with E-state index in [1.807, 2.05) is 59.0 Å². The van der Waals surface area contributed by atoms with Crippen molar-refractivity contribution >= 4 is 50.7 Å². The number of para-hydroxylation sites is 1. The Labute approximate surface area is 200 Å². The first-order valence-electron chi connectivity index (χ1n) is 10.9. The van der Waals surface area contributed by atoms with Crippen molar-refractivity contribution < 1.29 is 9.59 Å². The fourth-order valence-electron chi connectivity index (χ4n) is 4.17. The van der Waals surface area contributed by atoms with Crippen LogP contribution in [0, 0.1) is 6.92 Å². The predicted octanol–water partition coefficient (Wildman–Crippen LogP) is 5.60. The number of aromatic nitrogens is 2. The summed E-state index contributed by atoms with van der Waals surface area (Å²) in [7, 11) is 0. The number of benzene rings is 2. The number of halogens is 1. The third-order valence-corrected chi connectivity index (χ3v) is 7.42. The summed E-state index contributed by atoms with van der Waals surface area (Å²) in [6.07, 6.45) is 2.04. The molecule has 2 aromatic heterocycles. The Hall–Kier alpha value is -3.16. The van der Waals surface area contributed by atoms with Crippen LogP contribution >= 0.6 is 22.9 Å². The van der Waals surface area contributed by atoms with E-state index in [0.717, 1.165) is 47.4 Å². The van der Waals surface area contributed by atoms with Gasteiger partial charge < -0.3 is 10.2 Å². The smallest absolute Gasteiger partial charge is 0.265 e. The topological polar surface area (TPSA) is 67.2 Å². The Bertz CT molecular complexity index is 1350. The standard InChI is InChI=1S/C25H23ClN4O2S/c1-16-19-14-22(33-25(19)30(28-16)15-17-8-2-4-10-20(17)26)23(31)27-21-11-5-3-9-18(21)24(32)29-12-6-7-13-29/h2-5,8-11,14H,6-7,12-13,15H2,1H3,(H,27,31). The Kier molecular flexibility index (Phi) is 5.91. The number of nitrogens with zero attached hydrogens (tertiary/aromatic N) is 3. The van der Waals surface area contributed by atoms with Crippen LogP contribution < -0.4 is 5.32 Å². The molecule has 2 aromatic carbocycles. The van der Waals surface area contributed by atoms with Gasteiger partial charge in [-0.25, -0.2) is 0 Å². The van der Waals surface area contributed by atoms with Gasteiger partial charge in [-0.1, -0.05) is 41.9 Å². The van der Waals surface area contributed by atoms with Crippen LogP contribution in [0.25, 0.3) is 10.2 Å². The molecule has 0 unspecified atom stereocenters. The van der Waals surface area contributed by atoms with Gasteiger partial charge in [0, 0.05) is 23.5 Å². The molecule has 6 nitrogen and oxygen atoms in total. The highest BCUT2D eigenvalue weighted by Gasteiger charge is 2.23. The lowest BCUT2D eigenvalue weighted by Crippen LogP contribution is -2.28. The molecule has 0 aliphatic carbocycles. The van der Waals surface area contributed by atoms with Crippen LogP contribution in [0.1, 0.15) is 44.1 Å². The Balaban J connectivity index is 1.41. The van der Waals surface area contributed by atoms with Gasteiger partial charge in [-0.2, -0.15) is 5.10 Å². The molecule has 3 heterocycles. The number of hydrogen-bond acceptors (Lipinski definition) is 4. The predicted molar refractivity (Wildman–Crippen MR) is 132 cm³/mol. The summed E-state index contributed by atoms with van der Waals surface area (Å²) in [6.45, 7) is 3.99. The minimum atomic E-state index is -0.235. The second-order valence-electron chi connectivity index (χ2n) is 8.16. The monoisotopic (exact) mass is 478 g/mol. The van der Waals surface area contributed by atoms with Crippen molar-refractivity contribution in [2.45, 2.75) is 26.3 Å². The summed E-state index contributed by atoms with van der Waals surface area (Å²) >= 11 is 7.72. The first-order valence-corrected chi connectivity index (χ1v) is 12.1. The Morgan fingerprint density at radius 3 is 2.61 bits per heavy atom. The van der Waals surface area contributed by atoms with Crippen molar-refractivity contribution in [2.75, 3.05) is 18.4 Å². The van der Waals surface area contributed by atoms with E-state index in [2.05, 4.69) is 10.4 Å². The summed E-state index contributed by atoms with van der Waals surface area (Å²) < 4.78 is 1.89. The fourth-order valence-corrected chi connectivity index (χ4v) is 5.42. The molecular formula is C25H23ClN4O2S. The van der Waals surface area contributed by atoms with Gasteiger partial charge in [0.15, 0.2) is 0 Å². The molecule has 4 aromatic rings. The maximum absolute atomic E-state index is 13.1. The molecule has 0 radical (unpaired) electrons. The molecule has 5 rings (SSSR count). The largest absolute Gasteiger partial charge is 0.339 e. The van der Waals surface area contributed by atoms with Crippen LogP contribution in [0.4, 0.5) is 5.69 Å². The lowest BCUT2D eigenvalue weighted by Gasteiger charge is -2.17. The van der Waals surface area contributed by atoms with Gasteiger partial charge in [-0.15, -0.1) is 11.3 Å². The molecule has 0 bridgehead atoms. The number of hydrogen-bond donors (Lipinski definition) is 1. The number of amides is 2. The Morgan fingerprint density at radius 1 is 1.09 bits per heavy atom. The highest BCUT2D eigenvalue weighted by Crippen LogP contribution is 2.31. The molecule has 0 atom stereocenters. The van der Waals surface area contributed by atoms with E-state index in [1.54, 1.807) is 12.1 Å². The van der Waals surface area contributed by atoms with Gasteiger partial charge in [-0.3, -0.25) is 14.3 Å². The number of nitrogens with one attached hydrogen (secondary N) is 1. The zero-order valence-corrected chi connectivity index (χ0v) is 19.7. The SMILES string of the molecule is Cc1nn(Cc2ccccc2Cl)c2sc(C(=O)Nc3ccccc3C(=O)N3CCCC3)cc12. The zero-order valence-electron chi connectivity index (χ0n) is 18.2. The van der Waals surface area contributed by atoms with E-state index in [9.17, 15) is 9.59 Å². The van der Waals surface area contributed by atoms with Gasteiger partial charge in [-0.05, 0) is 49.6 Å². The van der Waals surface area contributed by atoms with Gasteiger partial charge >= 0.3 is 0 Å². The van der Waals surface area contributed by atoms with Gasteiger partial charge in [0.2, 0.25) is 0 Å². The van der Waals surface area contributed by atoms with E-state index in [-0.39, 0.29) is 11.8 Å². The van der Waals surface area contributed by atoms with Gasteiger partial charge in [0.05, 0.1) is 28.4 Å². The summed E-state index contributed by atoms with van der Waals surface area (Å²) in [6, 6.07) is 16.7. The van der Waals surface area contributed by atoms with E-state index >= 15 is 0 Å². The molecule has 168 valence electrons. The highest BCUT2D eigenvalue weighted by molar-refractivity contribution is 7.20. The maximum Gasteiger partial charge on any atom is 0.265 e. The number of carbonyl (C=O) groups is 2. The average molecular weight is 479 g/mol. The van der Waals surface area contributed by atoms with E-state index in [4.69, 9.17) is 11.6 Å². The lowest BCUT2D eigenvalue weighted by atomic mass is 10.1. The molecule has 1 N–H and O–H groups in total. The number of likely N-dealkylation sites (tertiary alicyclic amines) is 1. The number of thiophene rings is 1. The molecular weight excluding hydrogens is 456 g/mol. The van der Waals surface area contributed by atoms with Crippen molar-refractivity contribution in [1.29, 1.82) is 0 Å². The maximum atomic E-state index is 13.1. The minimum absolute atomic E-state index is 0.0361. The molecule has 1 aliphatic heterocycles. The number of anilines is 1. The van der Waals surface area contributed by atoms with E-state index in [0.29, 0.717) is 27.7 Å². The Morgan fingerprint density at radius 2 is 1.82 bits per heavy atom. The quantitative estimate of drug-likeness (QED) is 0.406. The first-order chi connectivity index (χ1) is 16.0. The van der Waals surface area contributed by atoms with Crippen LogP contribution in [-0.2, 0) is 6.54 Å². The lowest BCUT2D eigenvalue weighted by molar-refractivity contribution is 0.0794. The first kappa shape index (κ1) is 21.7. The molecule has 8 heteroatoms. The molecule has 0 spiro atoms. The zero-order chi connectivity index (χ0) is 22.9. The van der Waals surface area contributed by atoms with Crippen LogP contribution in [0.5, 0.6) is 0 Å². The van der Waals surface area contributed by atoms with Crippen molar-refractivity contribution in [3.63, 3.8) is 0 Å². The number of carbonyl (C=O) groups excluding carboxylic acids is 2. The van der Waals surface area contributed by atoms with Gasteiger partial charge in [0.1, 0.15) is 4.83 Å². The van der Waals surface area contributed by atoms with E-state index in [1.165, 1.54) is 11.3 Å². The van der Waals surface area contributed by atoms with Crippen molar-refractivity contribution in [1.82, 2.24) is 14.7 Å². The van der Waals surface area contributed by atoms with Crippen molar-refractivity contribution in [3.8, 4) is 0 Å². The minimum Gasteiger partial charge on any atom is -0.339 e. The molecule has 1 aliphatic rings. The van der Waals surface area contributed by atoms with Crippen molar-refractivity contribution in [2.24, 2.45) is 0 Å². The summed E-state index contributed by atoms with van der Waals surface area (Å²) in [5, 5.41) is 9.22. The average Bonchev–Trinajstić information content (AvgIpc) is 3.55. The number of rotatable bonds is 5. The summed E-state index contributed by atoms with van der Waals surface area (Å²) in [5.41, 5.74) is 2.88. The second kappa shape index (κ2) is 9.00. The molecule has 1 fully saturated rings. The normalized spacial score (nSPS) is 13.6. The molecule has 0 saturated carbocycles. The highest BCUT2D eigenvalue weighted by atomic mass is 35.5. The van der Waals surface area contributed by atoms with Crippen molar-refractivity contribution in [3.05, 3.63) is 81.3 Å². The molecule has 33 heavy (non-hydrogen) atoms. The van der Waals surface area contributed by atoms with Crippen LogP contribution in [0.15, 0.2) is 54.6 Å². The number of aryl methyl sites for hydroxylation is 1. The van der Waals surface area contributed by atoms with Crippen LogP contribution in [0.2, 0.25) is 5.02 Å². The van der Waals surface area contributed by atoms with E-state index < -0.39 is 0 Å². The summed E-state index contributed by atoms with van der Waals surface area (Å²) in [4.78, 5) is 29.4.